The Balaban J connectivity index is 2.43. The monoisotopic (exact) mass is 262 g/mol. The van der Waals surface area contributed by atoms with E-state index < -0.39 is 15.9 Å². The van der Waals surface area contributed by atoms with Gasteiger partial charge in [-0.1, -0.05) is 20.3 Å². The van der Waals surface area contributed by atoms with Crippen LogP contribution in [0.15, 0.2) is 0 Å². The first-order valence-corrected chi connectivity index (χ1v) is 7.94. The van der Waals surface area contributed by atoms with Gasteiger partial charge in [0, 0.05) is 6.04 Å². The molecule has 0 aliphatic carbocycles. The van der Waals surface area contributed by atoms with Crippen molar-refractivity contribution in [3.8, 4) is 0 Å². The van der Waals surface area contributed by atoms with Gasteiger partial charge in [0.15, 0.2) is 0 Å². The van der Waals surface area contributed by atoms with E-state index in [1.54, 1.807) is 0 Å². The van der Waals surface area contributed by atoms with Crippen LogP contribution in [0.5, 0.6) is 0 Å². The number of nitrogens with one attached hydrogen (secondary N) is 1. The van der Waals surface area contributed by atoms with Crippen LogP contribution in [0, 0.1) is 5.92 Å². The van der Waals surface area contributed by atoms with Gasteiger partial charge in [0.05, 0.1) is 17.5 Å². The van der Waals surface area contributed by atoms with Gasteiger partial charge in [-0.15, -0.1) is 0 Å². The van der Waals surface area contributed by atoms with E-state index in [0.29, 0.717) is 12.8 Å². The fourth-order valence-electron chi connectivity index (χ4n) is 1.84. The Bertz CT molecular complexity index is 353. The molecular formula is C11H22N2O3S. The van der Waals surface area contributed by atoms with Gasteiger partial charge in [-0.05, 0) is 18.8 Å². The van der Waals surface area contributed by atoms with Gasteiger partial charge in [0.25, 0.3) is 0 Å². The number of amides is 1. The van der Waals surface area contributed by atoms with E-state index in [4.69, 9.17) is 5.73 Å². The lowest BCUT2D eigenvalue weighted by Crippen LogP contribution is -2.50. The van der Waals surface area contributed by atoms with Crippen LogP contribution < -0.4 is 11.1 Å². The highest BCUT2D eigenvalue weighted by Gasteiger charge is 2.27. The summed E-state index contributed by atoms with van der Waals surface area (Å²) >= 11 is 0. The molecule has 0 spiro atoms. The van der Waals surface area contributed by atoms with Crippen LogP contribution in [0.2, 0.25) is 0 Å². The van der Waals surface area contributed by atoms with Crippen molar-refractivity contribution in [2.24, 2.45) is 11.7 Å². The van der Waals surface area contributed by atoms with E-state index in [1.165, 1.54) is 0 Å². The van der Waals surface area contributed by atoms with Crippen LogP contribution in [0.4, 0.5) is 0 Å². The number of carbonyl (C=O) groups is 1. The molecule has 1 fully saturated rings. The van der Waals surface area contributed by atoms with E-state index in [0.717, 1.165) is 6.42 Å². The Labute approximate surface area is 103 Å². The number of nitrogens with two attached hydrogens (primary N) is 1. The average Bonchev–Trinajstić information content (AvgIpc) is 2.29. The maximum Gasteiger partial charge on any atom is 0.237 e. The lowest BCUT2D eigenvalue weighted by atomic mass is 9.99. The zero-order valence-electron chi connectivity index (χ0n) is 10.5. The molecule has 1 heterocycles. The minimum atomic E-state index is -2.88. The predicted molar refractivity (Wildman–Crippen MR) is 67.2 cm³/mol. The van der Waals surface area contributed by atoms with Gasteiger partial charge < -0.3 is 11.1 Å². The van der Waals surface area contributed by atoms with E-state index in [1.807, 2.05) is 13.8 Å². The second-order valence-corrected chi connectivity index (χ2v) is 7.15. The molecule has 0 aromatic carbocycles. The van der Waals surface area contributed by atoms with E-state index in [-0.39, 0.29) is 29.4 Å². The SMILES string of the molecule is CC[C@H](C)[C@H](N)C(=O)NC1CCS(=O)(=O)CC1. The topological polar surface area (TPSA) is 89.3 Å². The fraction of sp³-hybridized carbons (Fsp3) is 0.909. The minimum absolute atomic E-state index is 0.0406. The standard InChI is InChI=1S/C11H22N2O3S/c1-3-8(2)10(12)11(14)13-9-4-6-17(15,16)7-5-9/h8-10H,3-7,12H2,1-2H3,(H,13,14)/t8-,10-/m0/s1. The Morgan fingerprint density at radius 2 is 1.94 bits per heavy atom. The molecule has 100 valence electrons. The molecule has 0 aromatic rings. The Morgan fingerprint density at radius 3 is 2.41 bits per heavy atom. The molecular weight excluding hydrogens is 240 g/mol. The first kappa shape index (κ1) is 14.4. The van der Waals surface area contributed by atoms with Crippen LogP contribution in [0.1, 0.15) is 33.1 Å². The van der Waals surface area contributed by atoms with Crippen molar-refractivity contribution in [2.45, 2.75) is 45.2 Å². The van der Waals surface area contributed by atoms with Crippen LogP contribution in [0.25, 0.3) is 0 Å². The summed E-state index contributed by atoms with van der Waals surface area (Å²) in [7, 11) is -2.88. The van der Waals surface area contributed by atoms with Gasteiger partial charge in [-0.2, -0.15) is 0 Å². The molecule has 6 heteroatoms. The molecule has 5 nitrogen and oxygen atoms in total. The second-order valence-electron chi connectivity index (χ2n) is 4.85. The summed E-state index contributed by atoms with van der Waals surface area (Å²) < 4.78 is 22.5. The lowest BCUT2D eigenvalue weighted by Gasteiger charge is -2.26. The Hall–Kier alpha value is -0.620. The Kier molecular flexibility index (Phi) is 4.94. The predicted octanol–water partition coefficient (Wildman–Crippen LogP) is 0.0532. The first-order chi connectivity index (χ1) is 7.85. The summed E-state index contributed by atoms with van der Waals surface area (Å²) in [5, 5.41) is 2.84. The van der Waals surface area contributed by atoms with Gasteiger partial charge in [0.2, 0.25) is 5.91 Å². The van der Waals surface area contributed by atoms with E-state index >= 15 is 0 Å². The summed E-state index contributed by atoms with van der Waals surface area (Å²) in [6.45, 7) is 3.93. The molecule has 0 bridgehead atoms. The second kappa shape index (κ2) is 5.82. The summed E-state index contributed by atoms with van der Waals surface area (Å²) in [6, 6.07) is -0.542. The summed E-state index contributed by atoms with van der Waals surface area (Å²) in [6.07, 6.45) is 1.86. The van der Waals surface area contributed by atoms with Crippen molar-refractivity contribution < 1.29 is 13.2 Å². The third-order valence-corrected chi connectivity index (χ3v) is 5.18. The maximum atomic E-state index is 11.8. The number of hydrogen-bond donors (Lipinski definition) is 2. The number of hydrogen-bond acceptors (Lipinski definition) is 4. The summed E-state index contributed by atoms with van der Waals surface area (Å²) in [5.41, 5.74) is 5.81. The molecule has 0 saturated carbocycles. The molecule has 1 rings (SSSR count). The third-order valence-electron chi connectivity index (χ3n) is 3.46. The molecule has 1 aliphatic heterocycles. The molecule has 1 amide bonds. The van der Waals surface area contributed by atoms with Crippen LogP contribution in [-0.2, 0) is 14.6 Å². The highest BCUT2D eigenvalue weighted by Crippen LogP contribution is 2.13. The number of rotatable bonds is 4. The van der Waals surface area contributed by atoms with Gasteiger partial charge in [-0.3, -0.25) is 4.79 Å². The zero-order valence-corrected chi connectivity index (χ0v) is 11.3. The van der Waals surface area contributed by atoms with Crippen LogP contribution in [0.3, 0.4) is 0 Å². The first-order valence-electron chi connectivity index (χ1n) is 6.12. The molecule has 1 aliphatic rings. The highest BCUT2D eigenvalue weighted by molar-refractivity contribution is 7.91. The van der Waals surface area contributed by atoms with Crippen molar-refractivity contribution in [1.82, 2.24) is 5.32 Å². The molecule has 1 saturated heterocycles. The molecule has 0 radical (unpaired) electrons. The quantitative estimate of drug-likeness (QED) is 0.749. The lowest BCUT2D eigenvalue weighted by molar-refractivity contribution is -0.124. The van der Waals surface area contributed by atoms with Crippen LogP contribution in [-0.4, -0.2) is 37.9 Å². The van der Waals surface area contributed by atoms with E-state index in [9.17, 15) is 13.2 Å². The fourth-order valence-corrected chi connectivity index (χ4v) is 3.34. The average molecular weight is 262 g/mol. The summed E-state index contributed by atoms with van der Waals surface area (Å²) in [5.74, 6) is 0.304. The highest BCUT2D eigenvalue weighted by atomic mass is 32.2. The maximum absolute atomic E-state index is 11.8. The smallest absolute Gasteiger partial charge is 0.237 e. The number of carbonyl (C=O) groups excluding carboxylic acids is 1. The molecule has 2 atom stereocenters. The van der Waals surface area contributed by atoms with Crippen molar-refractivity contribution >= 4 is 15.7 Å². The third kappa shape index (κ3) is 4.27. The largest absolute Gasteiger partial charge is 0.352 e. The molecule has 0 aromatic heterocycles. The van der Waals surface area contributed by atoms with E-state index in [2.05, 4.69) is 5.32 Å². The van der Waals surface area contributed by atoms with Crippen molar-refractivity contribution in [3.63, 3.8) is 0 Å². The van der Waals surface area contributed by atoms with Crippen molar-refractivity contribution in [3.05, 3.63) is 0 Å². The molecule has 3 N–H and O–H groups in total. The van der Waals surface area contributed by atoms with Crippen molar-refractivity contribution in [2.75, 3.05) is 11.5 Å². The minimum Gasteiger partial charge on any atom is -0.352 e. The zero-order chi connectivity index (χ0) is 13.1. The number of sulfone groups is 1. The summed E-state index contributed by atoms with van der Waals surface area (Å²) in [4.78, 5) is 11.8. The Morgan fingerprint density at radius 1 is 1.41 bits per heavy atom. The van der Waals surface area contributed by atoms with Gasteiger partial charge in [0.1, 0.15) is 9.84 Å². The van der Waals surface area contributed by atoms with Crippen LogP contribution >= 0.6 is 0 Å². The van der Waals surface area contributed by atoms with Crippen molar-refractivity contribution in [1.29, 1.82) is 0 Å². The molecule has 0 unspecified atom stereocenters. The molecule has 17 heavy (non-hydrogen) atoms. The normalized spacial score (nSPS) is 23.9. The van der Waals surface area contributed by atoms with Gasteiger partial charge in [-0.25, -0.2) is 8.42 Å². The van der Waals surface area contributed by atoms with Gasteiger partial charge >= 0.3 is 0 Å².